The molecular weight excluding hydrogens is 246 g/mol. The van der Waals surface area contributed by atoms with E-state index in [1.54, 1.807) is 17.8 Å². The molecule has 1 saturated carbocycles. The van der Waals surface area contributed by atoms with Crippen LogP contribution in [0.5, 0.6) is 0 Å². The fraction of sp³-hybridized carbons (Fsp3) is 0.615. The van der Waals surface area contributed by atoms with Crippen molar-refractivity contribution in [2.75, 3.05) is 18.5 Å². The molecule has 1 heterocycles. The molecule has 4 nitrogen and oxygen atoms in total. The largest absolute Gasteiger partial charge is 0.397 e. The highest BCUT2D eigenvalue weighted by Gasteiger charge is 2.28. The van der Waals surface area contributed by atoms with E-state index in [2.05, 4.69) is 25.4 Å². The quantitative estimate of drug-likeness (QED) is 0.860. The van der Waals surface area contributed by atoms with Gasteiger partial charge in [0.05, 0.1) is 5.69 Å². The number of anilines is 1. The summed E-state index contributed by atoms with van der Waals surface area (Å²) in [6, 6.07) is 2.23. The van der Waals surface area contributed by atoms with Gasteiger partial charge in [0.2, 0.25) is 0 Å². The summed E-state index contributed by atoms with van der Waals surface area (Å²) in [5.74, 6) is -0.0271. The van der Waals surface area contributed by atoms with E-state index in [1.165, 1.54) is 0 Å². The summed E-state index contributed by atoms with van der Waals surface area (Å²) in [7, 11) is 0. The number of thioether (sulfide) groups is 1. The van der Waals surface area contributed by atoms with Crippen LogP contribution in [-0.4, -0.2) is 28.0 Å². The molecule has 0 radical (unpaired) electrons. The van der Waals surface area contributed by atoms with Gasteiger partial charge in [0, 0.05) is 23.5 Å². The Morgan fingerprint density at radius 1 is 1.61 bits per heavy atom. The van der Waals surface area contributed by atoms with Gasteiger partial charge in [0.15, 0.2) is 0 Å². The van der Waals surface area contributed by atoms with Crippen molar-refractivity contribution < 1.29 is 4.79 Å². The van der Waals surface area contributed by atoms with E-state index in [9.17, 15) is 4.79 Å². The molecule has 0 aromatic carbocycles. The standard InChI is InChI=1S/C13H21N3OS/c1-13(2,18-3)8-15-12(17)11-6-9(14)7-16(11)10-4-5-10/h6-7,10H,4-5,8,14H2,1-3H3,(H,15,17). The van der Waals surface area contributed by atoms with E-state index >= 15 is 0 Å². The second-order valence-electron chi connectivity index (χ2n) is 5.44. The molecule has 0 aliphatic heterocycles. The molecule has 1 amide bonds. The molecule has 0 atom stereocenters. The Kier molecular flexibility index (Phi) is 3.61. The molecule has 18 heavy (non-hydrogen) atoms. The van der Waals surface area contributed by atoms with E-state index in [4.69, 9.17) is 5.73 Å². The minimum atomic E-state index is -0.0271. The van der Waals surface area contributed by atoms with E-state index in [-0.39, 0.29) is 10.7 Å². The fourth-order valence-corrected chi connectivity index (χ4v) is 2.01. The maximum atomic E-state index is 12.2. The Morgan fingerprint density at radius 3 is 2.83 bits per heavy atom. The summed E-state index contributed by atoms with van der Waals surface area (Å²) in [5.41, 5.74) is 7.14. The van der Waals surface area contributed by atoms with Crippen LogP contribution >= 0.6 is 11.8 Å². The van der Waals surface area contributed by atoms with Crippen molar-refractivity contribution >= 4 is 23.4 Å². The number of nitrogen functional groups attached to an aromatic ring is 1. The lowest BCUT2D eigenvalue weighted by atomic mass is 10.2. The molecule has 100 valence electrons. The number of amides is 1. The zero-order valence-corrected chi connectivity index (χ0v) is 12.0. The van der Waals surface area contributed by atoms with Crippen LogP contribution in [-0.2, 0) is 0 Å². The van der Waals surface area contributed by atoms with Crippen molar-refractivity contribution in [3.63, 3.8) is 0 Å². The van der Waals surface area contributed by atoms with Gasteiger partial charge in [-0.15, -0.1) is 0 Å². The third-order valence-corrected chi connectivity index (χ3v) is 4.52. The number of carbonyl (C=O) groups is 1. The highest BCUT2D eigenvalue weighted by Crippen LogP contribution is 2.37. The topological polar surface area (TPSA) is 60.1 Å². The number of carbonyl (C=O) groups excluding carboxylic acids is 1. The number of nitrogens with two attached hydrogens (primary N) is 1. The van der Waals surface area contributed by atoms with Crippen LogP contribution in [0.25, 0.3) is 0 Å². The van der Waals surface area contributed by atoms with Crippen molar-refractivity contribution in [3.05, 3.63) is 18.0 Å². The lowest BCUT2D eigenvalue weighted by Gasteiger charge is -2.22. The van der Waals surface area contributed by atoms with Crippen LogP contribution in [0.2, 0.25) is 0 Å². The molecule has 1 aliphatic rings. The predicted molar refractivity (Wildman–Crippen MR) is 77.0 cm³/mol. The normalized spacial score (nSPS) is 15.7. The number of nitrogens with zero attached hydrogens (tertiary/aromatic N) is 1. The van der Waals surface area contributed by atoms with Gasteiger partial charge < -0.3 is 15.6 Å². The number of rotatable bonds is 5. The lowest BCUT2D eigenvalue weighted by molar-refractivity contribution is 0.0941. The Morgan fingerprint density at radius 2 is 2.28 bits per heavy atom. The summed E-state index contributed by atoms with van der Waals surface area (Å²) in [6.07, 6.45) is 6.21. The molecule has 0 unspecified atom stereocenters. The maximum Gasteiger partial charge on any atom is 0.268 e. The average Bonchev–Trinajstić information content (AvgIpc) is 3.09. The van der Waals surface area contributed by atoms with Crippen LogP contribution in [0, 0.1) is 0 Å². The van der Waals surface area contributed by atoms with Crippen molar-refractivity contribution in [2.45, 2.75) is 37.5 Å². The molecule has 3 N–H and O–H groups in total. The molecule has 0 saturated heterocycles. The van der Waals surface area contributed by atoms with Gasteiger partial charge in [0.25, 0.3) is 5.91 Å². The number of aromatic nitrogens is 1. The number of nitrogens with one attached hydrogen (secondary N) is 1. The summed E-state index contributed by atoms with van der Waals surface area (Å²) in [4.78, 5) is 12.2. The lowest BCUT2D eigenvalue weighted by Crippen LogP contribution is -2.36. The molecule has 5 heteroatoms. The Bertz CT molecular complexity index is 449. The average molecular weight is 267 g/mol. The van der Waals surface area contributed by atoms with Crippen molar-refractivity contribution in [1.29, 1.82) is 0 Å². The fourth-order valence-electron chi connectivity index (χ4n) is 1.79. The van der Waals surface area contributed by atoms with Crippen LogP contribution in [0.4, 0.5) is 5.69 Å². The predicted octanol–water partition coefficient (Wildman–Crippen LogP) is 2.28. The van der Waals surface area contributed by atoms with Crippen LogP contribution in [0.3, 0.4) is 0 Å². The van der Waals surface area contributed by atoms with Gasteiger partial charge in [-0.2, -0.15) is 11.8 Å². The van der Waals surface area contributed by atoms with E-state index in [0.29, 0.717) is 24.0 Å². The molecule has 1 aliphatic carbocycles. The Hall–Kier alpha value is -1.10. The Labute approximate surface area is 112 Å². The Balaban J connectivity index is 2.04. The SMILES string of the molecule is CSC(C)(C)CNC(=O)c1cc(N)cn1C1CC1. The van der Waals surface area contributed by atoms with E-state index < -0.39 is 0 Å². The summed E-state index contributed by atoms with van der Waals surface area (Å²) in [5, 5.41) is 2.99. The first-order valence-corrected chi connectivity index (χ1v) is 7.46. The van der Waals surface area contributed by atoms with Crippen LogP contribution in [0.1, 0.15) is 43.2 Å². The van der Waals surface area contributed by atoms with Gasteiger partial charge in [-0.25, -0.2) is 0 Å². The van der Waals surface area contributed by atoms with E-state index in [1.807, 2.05) is 10.8 Å². The molecule has 0 bridgehead atoms. The molecule has 1 aromatic heterocycles. The summed E-state index contributed by atoms with van der Waals surface area (Å²) >= 11 is 1.75. The minimum Gasteiger partial charge on any atom is -0.397 e. The third kappa shape index (κ3) is 3.02. The van der Waals surface area contributed by atoms with Gasteiger partial charge in [0.1, 0.15) is 5.69 Å². The first-order valence-electron chi connectivity index (χ1n) is 6.23. The van der Waals surface area contributed by atoms with Crippen molar-refractivity contribution in [3.8, 4) is 0 Å². The van der Waals surface area contributed by atoms with Gasteiger partial charge in [-0.3, -0.25) is 4.79 Å². The van der Waals surface area contributed by atoms with E-state index in [0.717, 1.165) is 12.8 Å². The van der Waals surface area contributed by atoms with Gasteiger partial charge >= 0.3 is 0 Å². The van der Waals surface area contributed by atoms with Gasteiger partial charge in [-0.1, -0.05) is 0 Å². The zero-order valence-electron chi connectivity index (χ0n) is 11.2. The number of hydrogen-bond donors (Lipinski definition) is 2. The summed E-state index contributed by atoms with van der Waals surface area (Å²) in [6.45, 7) is 4.89. The van der Waals surface area contributed by atoms with Crippen molar-refractivity contribution in [1.82, 2.24) is 9.88 Å². The smallest absolute Gasteiger partial charge is 0.268 e. The molecule has 1 fully saturated rings. The highest BCUT2D eigenvalue weighted by molar-refractivity contribution is 7.99. The summed E-state index contributed by atoms with van der Waals surface area (Å²) < 4.78 is 2.06. The molecule has 0 spiro atoms. The van der Waals surface area contributed by atoms with Crippen LogP contribution in [0.15, 0.2) is 12.3 Å². The molecule has 2 rings (SSSR count). The van der Waals surface area contributed by atoms with Gasteiger partial charge in [-0.05, 0) is 39.0 Å². The number of hydrogen-bond acceptors (Lipinski definition) is 3. The first kappa shape index (κ1) is 13.3. The van der Waals surface area contributed by atoms with Crippen LogP contribution < -0.4 is 11.1 Å². The molecular formula is C13H21N3OS. The molecule has 1 aromatic rings. The first-order chi connectivity index (χ1) is 8.43. The highest BCUT2D eigenvalue weighted by atomic mass is 32.2. The van der Waals surface area contributed by atoms with Crippen molar-refractivity contribution in [2.24, 2.45) is 0 Å². The second kappa shape index (κ2) is 4.88. The zero-order chi connectivity index (χ0) is 13.3. The third-order valence-electron chi connectivity index (χ3n) is 3.27. The second-order valence-corrected chi connectivity index (χ2v) is 6.96. The maximum absolute atomic E-state index is 12.2. The monoisotopic (exact) mass is 267 g/mol. The minimum absolute atomic E-state index is 0.0271.